The van der Waals surface area contributed by atoms with Gasteiger partial charge in [0.25, 0.3) is 5.56 Å². The van der Waals surface area contributed by atoms with Gasteiger partial charge >= 0.3 is 0 Å². The predicted octanol–water partition coefficient (Wildman–Crippen LogP) is 2.85. The first-order valence-corrected chi connectivity index (χ1v) is 7.83. The Bertz CT molecular complexity index is 623. The fourth-order valence-electron chi connectivity index (χ4n) is 1.98. The second kappa shape index (κ2) is 6.13. The molecule has 1 heterocycles. The Morgan fingerprint density at radius 1 is 1.30 bits per heavy atom. The maximum absolute atomic E-state index is 11.6. The molecule has 104 valence electrons. The number of aromatic amines is 1. The van der Waals surface area contributed by atoms with Crippen LogP contribution in [-0.4, -0.2) is 22.3 Å². The Balaban J connectivity index is 1.52. The topological polar surface area (TPSA) is 57.8 Å². The number of thioether (sulfide) groups is 1. The molecule has 0 amide bonds. The van der Waals surface area contributed by atoms with Gasteiger partial charge in [0.15, 0.2) is 0 Å². The molecule has 3 rings (SSSR count). The van der Waals surface area contributed by atoms with Crippen LogP contribution in [0.4, 0.5) is 5.82 Å². The molecule has 0 atom stereocenters. The van der Waals surface area contributed by atoms with Crippen LogP contribution >= 0.6 is 11.8 Å². The number of nitrogens with zero attached hydrogens (tertiary/aromatic N) is 1. The molecule has 2 aromatic rings. The zero-order chi connectivity index (χ0) is 13.8. The Morgan fingerprint density at radius 2 is 2.10 bits per heavy atom. The average molecular weight is 287 g/mol. The lowest BCUT2D eigenvalue weighted by atomic mass is 10.4. The van der Waals surface area contributed by atoms with Crippen molar-refractivity contribution in [3.8, 4) is 0 Å². The average Bonchev–Trinajstić information content (AvgIpc) is 3.29. The third kappa shape index (κ3) is 3.63. The van der Waals surface area contributed by atoms with Crippen LogP contribution < -0.4 is 10.9 Å². The molecule has 0 radical (unpaired) electrons. The first-order chi connectivity index (χ1) is 9.81. The van der Waals surface area contributed by atoms with Crippen molar-refractivity contribution in [2.24, 2.45) is 0 Å². The van der Waals surface area contributed by atoms with Gasteiger partial charge in [-0.1, -0.05) is 18.2 Å². The minimum atomic E-state index is -0.0693. The Morgan fingerprint density at radius 3 is 2.85 bits per heavy atom. The number of nitrogens with one attached hydrogen (secondary N) is 2. The van der Waals surface area contributed by atoms with Crippen molar-refractivity contribution in [1.82, 2.24) is 9.97 Å². The third-order valence-electron chi connectivity index (χ3n) is 3.14. The number of hydrogen-bond acceptors (Lipinski definition) is 4. The zero-order valence-electron chi connectivity index (χ0n) is 11.1. The van der Waals surface area contributed by atoms with Gasteiger partial charge in [-0.05, 0) is 25.0 Å². The molecule has 2 N–H and O–H groups in total. The molecule has 1 fully saturated rings. The highest BCUT2D eigenvalue weighted by molar-refractivity contribution is 7.99. The van der Waals surface area contributed by atoms with Crippen molar-refractivity contribution in [3.05, 3.63) is 52.6 Å². The molecule has 5 heteroatoms. The molecule has 1 aromatic carbocycles. The zero-order valence-corrected chi connectivity index (χ0v) is 12.0. The molecule has 0 aliphatic heterocycles. The van der Waals surface area contributed by atoms with Gasteiger partial charge in [-0.3, -0.25) is 4.79 Å². The molecule has 1 aliphatic rings. The number of anilines is 1. The van der Waals surface area contributed by atoms with E-state index < -0.39 is 0 Å². The van der Waals surface area contributed by atoms with E-state index in [9.17, 15) is 4.79 Å². The summed E-state index contributed by atoms with van der Waals surface area (Å²) in [5.74, 6) is 2.92. The summed E-state index contributed by atoms with van der Waals surface area (Å²) in [4.78, 5) is 20.1. The van der Waals surface area contributed by atoms with E-state index >= 15 is 0 Å². The van der Waals surface area contributed by atoms with Gasteiger partial charge in [-0.15, -0.1) is 11.8 Å². The van der Waals surface area contributed by atoms with Crippen molar-refractivity contribution >= 4 is 17.6 Å². The quantitative estimate of drug-likeness (QED) is 0.633. The lowest BCUT2D eigenvalue weighted by Gasteiger charge is -2.06. The van der Waals surface area contributed by atoms with Crippen molar-refractivity contribution < 1.29 is 0 Å². The van der Waals surface area contributed by atoms with Gasteiger partial charge in [-0.25, -0.2) is 4.98 Å². The van der Waals surface area contributed by atoms with Crippen LogP contribution in [0.1, 0.15) is 24.6 Å². The highest BCUT2D eigenvalue weighted by Gasteiger charge is 2.26. The Kier molecular flexibility index (Phi) is 4.06. The van der Waals surface area contributed by atoms with Crippen LogP contribution in [0.15, 0.2) is 46.1 Å². The number of H-pyrrole nitrogens is 1. The highest BCUT2D eigenvalue weighted by atomic mass is 32.2. The minimum absolute atomic E-state index is 0.0693. The minimum Gasteiger partial charge on any atom is -0.369 e. The van der Waals surface area contributed by atoms with E-state index in [-0.39, 0.29) is 5.56 Å². The van der Waals surface area contributed by atoms with E-state index in [2.05, 4.69) is 27.4 Å². The molecular weight excluding hydrogens is 270 g/mol. The van der Waals surface area contributed by atoms with E-state index in [0.717, 1.165) is 31.0 Å². The van der Waals surface area contributed by atoms with Crippen LogP contribution in [0, 0.1) is 0 Å². The largest absolute Gasteiger partial charge is 0.369 e. The van der Waals surface area contributed by atoms with Gasteiger partial charge in [0.2, 0.25) is 0 Å². The number of hydrogen-bond donors (Lipinski definition) is 2. The van der Waals surface area contributed by atoms with E-state index in [1.165, 1.54) is 11.0 Å². The third-order valence-corrected chi connectivity index (χ3v) is 4.16. The first-order valence-electron chi connectivity index (χ1n) is 6.84. The van der Waals surface area contributed by atoms with Crippen molar-refractivity contribution in [1.29, 1.82) is 0 Å². The van der Waals surface area contributed by atoms with Crippen LogP contribution in [-0.2, 0) is 0 Å². The Labute approximate surface area is 122 Å². The van der Waals surface area contributed by atoms with Gasteiger partial charge in [0.1, 0.15) is 11.6 Å². The standard InChI is InChI=1S/C15H17N3OS/c19-14-10-13(17-15(18-14)11-6-7-11)16-8-9-20-12-4-2-1-3-5-12/h1-5,10-11H,6-9H2,(H2,16,17,18,19). The summed E-state index contributed by atoms with van der Waals surface area (Å²) >= 11 is 1.79. The summed E-state index contributed by atoms with van der Waals surface area (Å²) in [6.45, 7) is 0.792. The SMILES string of the molecule is O=c1cc(NCCSc2ccccc2)nc(C2CC2)[nH]1. The molecule has 0 unspecified atom stereocenters. The smallest absolute Gasteiger partial charge is 0.252 e. The summed E-state index contributed by atoms with van der Waals surface area (Å²) in [5, 5.41) is 3.23. The number of benzene rings is 1. The van der Waals surface area contributed by atoms with E-state index in [4.69, 9.17) is 0 Å². The molecule has 4 nitrogen and oxygen atoms in total. The number of rotatable bonds is 6. The van der Waals surface area contributed by atoms with Crippen molar-refractivity contribution in [3.63, 3.8) is 0 Å². The van der Waals surface area contributed by atoms with E-state index in [1.807, 2.05) is 18.2 Å². The first kappa shape index (κ1) is 13.2. The summed E-state index contributed by atoms with van der Waals surface area (Å²) in [6.07, 6.45) is 2.27. The van der Waals surface area contributed by atoms with Crippen LogP contribution in [0.2, 0.25) is 0 Å². The fraction of sp³-hybridized carbons (Fsp3) is 0.333. The molecule has 1 aromatic heterocycles. The second-order valence-electron chi connectivity index (χ2n) is 4.88. The normalized spacial score (nSPS) is 14.2. The lowest BCUT2D eigenvalue weighted by molar-refractivity contribution is 0.906. The van der Waals surface area contributed by atoms with Crippen LogP contribution in [0.3, 0.4) is 0 Å². The molecule has 0 spiro atoms. The van der Waals surface area contributed by atoms with E-state index in [1.54, 1.807) is 11.8 Å². The van der Waals surface area contributed by atoms with Crippen molar-refractivity contribution in [2.45, 2.75) is 23.7 Å². The fourth-order valence-corrected chi connectivity index (χ4v) is 2.77. The maximum atomic E-state index is 11.6. The molecule has 0 saturated heterocycles. The molecule has 1 saturated carbocycles. The molecule has 20 heavy (non-hydrogen) atoms. The second-order valence-corrected chi connectivity index (χ2v) is 6.05. The van der Waals surface area contributed by atoms with Gasteiger partial charge in [-0.2, -0.15) is 0 Å². The monoisotopic (exact) mass is 287 g/mol. The molecule has 1 aliphatic carbocycles. The van der Waals surface area contributed by atoms with Crippen LogP contribution in [0.25, 0.3) is 0 Å². The van der Waals surface area contributed by atoms with Crippen molar-refractivity contribution in [2.75, 3.05) is 17.6 Å². The highest BCUT2D eigenvalue weighted by Crippen LogP contribution is 2.37. The Hall–Kier alpha value is -1.75. The summed E-state index contributed by atoms with van der Waals surface area (Å²) in [5.41, 5.74) is -0.0693. The number of aromatic nitrogens is 2. The lowest BCUT2D eigenvalue weighted by Crippen LogP contribution is -2.14. The van der Waals surface area contributed by atoms with E-state index in [0.29, 0.717) is 11.7 Å². The van der Waals surface area contributed by atoms with Crippen LogP contribution in [0.5, 0.6) is 0 Å². The predicted molar refractivity (Wildman–Crippen MR) is 82.5 cm³/mol. The molecule has 0 bridgehead atoms. The molecular formula is C15H17N3OS. The van der Waals surface area contributed by atoms with Gasteiger partial charge in [0, 0.05) is 29.2 Å². The van der Waals surface area contributed by atoms with Gasteiger partial charge in [0.05, 0.1) is 0 Å². The van der Waals surface area contributed by atoms with Gasteiger partial charge < -0.3 is 10.3 Å². The maximum Gasteiger partial charge on any atom is 0.252 e. The summed E-state index contributed by atoms with van der Waals surface area (Å²) in [6, 6.07) is 11.8. The summed E-state index contributed by atoms with van der Waals surface area (Å²) < 4.78 is 0. The summed E-state index contributed by atoms with van der Waals surface area (Å²) in [7, 11) is 0.